The molecule has 0 saturated carbocycles. The minimum Gasteiger partial charge on any atom is -0.486 e. The number of carbonyl (C=O) groups excluding carboxylic acids is 1. The molecule has 0 radical (unpaired) electrons. The summed E-state index contributed by atoms with van der Waals surface area (Å²) in [7, 11) is 0. The van der Waals surface area contributed by atoms with E-state index in [0.717, 1.165) is 31.2 Å². The predicted molar refractivity (Wildman–Crippen MR) is 108 cm³/mol. The number of fused-ring (bicyclic) bond motifs is 1. The molecule has 0 fully saturated rings. The molecule has 1 amide bonds. The van der Waals surface area contributed by atoms with Gasteiger partial charge < -0.3 is 10.1 Å². The van der Waals surface area contributed by atoms with Gasteiger partial charge in [0, 0.05) is 17.0 Å². The Morgan fingerprint density at radius 3 is 2.86 bits per heavy atom. The lowest BCUT2D eigenvalue weighted by Gasteiger charge is -2.09. The fourth-order valence-electron chi connectivity index (χ4n) is 3.37. The molecule has 3 aromatic rings. The van der Waals surface area contributed by atoms with Gasteiger partial charge in [-0.05, 0) is 72.9 Å². The van der Waals surface area contributed by atoms with Crippen LogP contribution in [0, 0.1) is 11.3 Å². The Morgan fingerprint density at radius 1 is 1.31 bits per heavy atom. The van der Waals surface area contributed by atoms with E-state index in [-0.39, 0.29) is 12.5 Å². The van der Waals surface area contributed by atoms with Crippen LogP contribution in [0.4, 0.5) is 5.00 Å². The zero-order valence-electron chi connectivity index (χ0n) is 16.0. The Morgan fingerprint density at radius 2 is 2.10 bits per heavy atom. The van der Waals surface area contributed by atoms with Crippen molar-refractivity contribution in [1.29, 1.82) is 5.26 Å². The van der Waals surface area contributed by atoms with Gasteiger partial charge in [0.1, 0.15) is 23.4 Å². The molecule has 1 aliphatic rings. The molecule has 2 heterocycles. The van der Waals surface area contributed by atoms with Crippen molar-refractivity contribution in [2.24, 2.45) is 0 Å². The summed E-state index contributed by atoms with van der Waals surface area (Å²) in [5, 5.41) is 24.5. The summed E-state index contributed by atoms with van der Waals surface area (Å²) in [5.74, 6) is 1.03. The summed E-state index contributed by atoms with van der Waals surface area (Å²) >= 11 is 1.52. The molecule has 1 aromatic carbocycles. The monoisotopic (exact) mass is 408 g/mol. The number of carbonyl (C=O) groups is 1. The Bertz CT molecular complexity index is 1060. The maximum absolute atomic E-state index is 12.6. The number of aromatic nitrogens is 4. The van der Waals surface area contributed by atoms with Crippen molar-refractivity contribution in [2.45, 2.75) is 45.8 Å². The number of hydrogen-bond acceptors (Lipinski definition) is 7. The van der Waals surface area contributed by atoms with E-state index < -0.39 is 0 Å². The second-order valence-corrected chi connectivity index (χ2v) is 7.81. The first-order valence-corrected chi connectivity index (χ1v) is 10.3. The van der Waals surface area contributed by atoms with Crippen molar-refractivity contribution < 1.29 is 9.53 Å². The molecule has 1 N–H and O–H groups in total. The number of nitrogens with zero attached hydrogens (tertiary/aromatic N) is 5. The molecule has 8 nitrogen and oxygen atoms in total. The molecule has 0 bridgehead atoms. The van der Waals surface area contributed by atoms with Gasteiger partial charge in [-0.2, -0.15) is 5.26 Å². The molecule has 9 heteroatoms. The first kappa shape index (κ1) is 19.1. The molecule has 2 aromatic heterocycles. The van der Waals surface area contributed by atoms with E-state index in [2.05, 4.69) is 26.9 Å². The smallest absolute Gasteiger partial charge is 0.256 e. The van der Waals surface area contributed by atoms with E-state index in [1.54, 1.807) is 28.9 Å². The standard InChI is InChI=1S/C20H20N6O2S/c1-2-26-18(23-24-25-26)12-28-14-9-7-13(8-10-14)19(27)22-20-16(11-21)15-5-3-4-6-17(15)29-20/h7-10H,2-6,12H2,1H3,(H,22,27). The molecule has 29 heavy (non-hydrogen) atoms. The first-order valence-electron chi connectivity index (χ1n) is 9.53. The maximum Gasteiger partial charge on any atom is 0.256 e. The van der Waals surface area contributed by atoms with Gasteiger partial charge in [-0.15, -0.1) is 16.4 Å². The van der Waals surface area contributed by atoms with Crippen LogP contribution in [0.25, 0.3) is 0 Å². The maximum atomic E-state index is 12.6. The Labute approximate surface area is 172 Å². The number of benzene rings is 1. The van der Waals surface area contributed by atoms with Crippen LogP contribution >= 0.6 is 11.3 Å². The Kier molecular flexibility index (Phi) is 5.53. The van der Waals surface area contributed by atoms with Gasteiger partial charge in [-0.25, -0.2) is 4.68 Å². The lowest BCUT2D eigenvalue weighted by atomic mass is 9.96. The quantitative estimate of drug-likeness (QED) is 0.671. The summed E-state index contributed by atoms with van der Waals surface area (Å²) < 4.78 is 7.36. The number of thiophene rings is 1. The van der Waals surface area contributed by atoms with Crippen LogP contribution < -0.4 is 10.1 Å². The number of nitrogens with one attached hydrogen (secondary N) is 1. The van der Waals surface area contributed by atoms with Crippen molar-refractivity contribution in [3.63, 3.8) is 0 Å². The summed E-state index contributed by atoms with van der Waals surface area (Å²) in [6.45, 7) is 2.87. The van der Waals surface area contributed by atoms with Gasteiger partial charge in [0.15, 0.2) is 5.82 Å². The minimum atomic E-state index is -0.235. The van der Waals surface area contributed by atoms with E-state index in [4.69, 9.17) is 4.74 Å². The number of hydrogen-bond donors (Lipinski definition) is 1. The van der Waals surface area contributed by atoms with Crippen LogP contribution in [0.5, 0.6) is 5.75 Å². The van der Waals surface area contributed by atoms with Crippen molar-refractivity contribution in [3.8, 4) is 11.8 Å². The van der Waals surface area contributed by atoms with Crippen LogP contribution in [0.15, 0.2) is 24.3 Å². The average molecular weight is 408 g/mol. The van der Waals surface area contributed by atoms with Crippen molar-refractivity contribution in [2.75, 3.05) is 5.32 Å². The number of amides is 1. The molecular weight excluding hydrogens is 388 g/mol. The van der Waals surface area contributed by atoms with Gasteiger partial charge in [0.2, 0.25) is 0 Å². The van der Waals surface area contributed by atoms with Crippen LogP contribution in [-0.4, -0.2) is 26.1 Å². The van der Waals surface area contributed by atoms with E-state index >= 15 is 0 Å². The average Bonchev–Trinajstić information content (AvgIpc) is 3.35. The highest BCUT2D eigenvalue weighted by Crippen LogP contribution is 2.37. The van der Waals surface area contributed by atoms with Gasteiger partial charge in [-0.3, -0.25) is 4.79 Å². The summed E-state index contributed by atoms with van der Waals surface area (Å²) in [5.41, 5.74) is 2.23. The highest BCUT2D eigenvalue weighted by molar-refractivity contribution is 7.16. The number of rotatable bonds is 6. The minimum absolute atomic E-state index is 0.235. The fourth-order valence-corrected chi connectivity index (χ4v) is 4.60. The SMILES string of the molecule is CCn1nnnc1COc1ccc(C(=O)Nc2sc3c(c2C#N)CCCC3)cc1. The molecule has 1 aliphatic carbocycles. The van der Waals surface area contributed by atoms with Gasteiger partial charge in [0.05, 0.1) is 5.56 Å². The highest BCUT2D eigenvalue weighted by atomic mass is 32.1. The molecular formula is C20H20N6O2S. The van der Waals surface area contributed by atoms with Crippen LogP contribution in [0.1, 0.15) is 52.0 Å². The zero-order valence-corrected chi connectivity index (χ0v) is 16.8. The number of aryl methyl sites for hydroxylation is 2. The van der Waals surface area contributed by atoms with E-state index in [1.165, 1.54) is 16.2 Å². The molecule has 0 aliphatic heterocycles. The molecule has 4 rings (SSSR count). The fraction of sp³-hybridized carbons (Fsp3) is 0.350. The Hall–Kier alpha value is -3.25. The van der Waals surface area contributed by atoms with E-state index in [1.807, 2.05) is 6.92 Å². The zero-order chi connectivity index (χ0) is 20.2. The van der Waals surface area contributed by atoms with Crippen LogP contribution in [-0.2, 0) is 26.0 Å². The Balaban J connectivity index is 1.42. The summed E-state index contributed by atoms with van der Waals surface area (Å²) in [6.07, 6.45) is 4.13. The first-order chi connectivity index (χ1) is 14.2. The molecule has 0 atom stereocenters. The molecule has 148 valence electrons. The second-order valence-electron chi connectivity index (χ2n) is 6.70. The number of tetrazole rings is 1. The molecule has 0 unspecified atom stereocenters. The van der Waals surface area contributed by atoms with Crippen LogP contribution in [0.2, 0.25) is 0 Å². The summed E-state index contributed by atoms with van der Waals surface area (Å²) in [6, 6.07) is 9.14. The number of nitriles is 1. The van der Waals surface area contributed by atoms with Crippen molar-refractivity contribution >= 4 is 22.2 Å². The lowest BCUT2D eigenvalue weighted by Crippen LogP contribution is -2.12. The van der Waals surface area contributed by atoms with Gasteiger partial charge >= 0.3 is 0 Å². The molecule has 0 saturated heterocycles. The van der Waals surface area contributed by atoms with Gasteiger partial charge in [-0.1, -0.05) is 0 Å². The van der Waals surface area contributed by atoms with E-state index in [0.29, 0.717) is 34.2 Å². The topological polar surface area (TPSA) is 106 Å². The second kappa shape index (κ2) is 8.41. The normalized spacial score (nSPS) is 12.8. The van der Waals surface area contributed by atoms with Crippen LogP contribution in [0.3, 0.4) is 0 Å². The number of ether oxygens (including phenoxy) is 1. The number of anilines is 1. The largest absolute Gasteiger partial charge is 0.486 e. The lowest BCUT2D eigenvalue weighted by molar-refractivity contribution is 0.102. The molecule has 0 spiro atoms. The van der Waals surface area contributed by atoms with Gasteiger partial charge in [0.25, 0.3) is 5.91 Å². The van der Waals surface area contributed by atoms with E-state index in [9.17, 15) is 10.1 Å². The third-order valence-corrected chi connectivity index (χ3v) is 6.11. The third-order valence-electron chi connectivity index (χ3n) is 4.90. The summed E-state index contributed by atoms with van der Waals surface area (Å²) in [4.78, 5) is 13.9. The van der Waals surface area contributed by atoms with Crippen molar-refractivity contribution in [1.82, 2.24) is 20.2 Å². The highest BCUT2D eigenvalue weighted by Gasteiger charge is 2.22. The third kappa shape index (κ3) is 3.98. The predicted octanol–water partition coefficient (Wildman–Crippen LogP) is 3.34. The van der Waals surface area contributed by atoms with Crippen molar-refractivity contribution in [3.05, 3.63) is 51.7 Å².